The van der Waals surface area contributed by atoms with Crippen LogP contribution in [-0.2, 0) is 10.8 Å². The lowest BCUT2D eigenvalue weighted by atomic mass is 10.1. The van der Waals surface area contributed by atoms with Crippen LogP contribution in [0.25, 0.3) is 0 Å². The minimum Gasteiger partial charge on any atom is -0.389 e. The lowest BCUT2D eigenvalue weighted by Gasteiger charge is -2.21. The maximum atomic E-state index is 10.8. The maximum absolute atomic E-state index is 10.8. The minimum atomic E-state index is -0.768. The van der Waals surface area contributed by atoms with E-state index in [1.165, 1.54) is 0 Å². The van der Waals surface area contributed by atoms with E-state index in [4.69, 9.17) is 0 Å². The zero-order valence-corrected chi connectivity index (χ0v) is 9.07. The molecule has 2 unspecified atom stereocenters. The van der Waals surface area contributed by atoms with Gasteiger partial charge in [-0.1, -0.05) is 0 Å². The van der Waals surface area contributed by atoms with E-state index in [2.05, 4.69) is 5.32 Å². The summed E-state index contributed by atoms with van der Waals surface area (Å²) in [5.41, 5.74) is -0.691. The van der Waals surface area contributed by atoms with Crippen molar-refractivity contribution in [3.05, 3.63) is 0 Å². The summed E-state index contributed by atoms with van der Waals surface area (Å²) < 4.78 is 10.8. The topological polar surface area (TPSA) is 49.3 Å². The van der Waals surface area contributed by atoms with Crippen LogP contribution in [0.2, 0.25) is 0 Å². The predicted octanol–water partition coefficient (Wildman–Crippen LogP) is 0.114. The van der Waals surface area contributed by atoms with Gasteiger partial charge in [0, 0.05) is 35.4 Å². The Morgan fingerprint density at radius 2 is 2.08 bits per heavy atom. The van der Waals surface area contributed by atoms with Crippen molar-refractivity contribution >= 4 is 10.8 Å². The smallest absolute Gasteiger partial charge is 0.0715 e. The average Bonchev–Trinajstić information content (AvgIpc) is 1.80. The molecule has 0 saturated heterocycles. The molecule has 0 fully saturated rings. The molecule has 12 heavy (non-hydrogen) atoms. The number of nitrogens with one attached hydrogen (secondary N) is 1. The van der Waals surface area contributed by atoms with E-state index >= 15 is 0 Å². The van der Waals surface area contributed by atoms with Crippen molar-refractivity contribution in [1.29, 1.82) is 0 Å². The van der Waals surface area contributed by atoms with Gasteiger partial charge in [0.2, 0.25) is 0 Å². The van der Waals surface area contributed by atoms with Crippen molar-refractivity contribution in [3.8, 4) is 0 Å². The highest BCUT2D eigenvalue weighted by atomic mass is 32.2. The standard InChI is InChI=1S/C8H19NO2S/c1-7(5-12(4)11)9-6-8(2,3)10/h7,9-10H,5-6H2,1-4H3. The van der Waals surface area contributed by atoms with Gasteiger partial charge in [-0.05, 0) is 20.8 Å². The number of rotatable bonds is 5. The first-order valence-electron chi connectivity index (χ1n) is 4.07. The van der Waals surface area contributed by atoms with Crippen molar-refractivity contribution in [1.82, 2.24) is 5.32 Å². The van der Waals surface area contributed by atoms with Gasteiger partial charge in [0.05, 0.1) is 5.60 Å². The van der Waals surface area contributed by atoms with Crippen LogP contribution < -0.4 is 5.32 Å². The summed E-state index contributed by atoms with van der Waals surface area (Å²) >= 11 is 0. The molecule has 0 aliphatic rings. The van der Waals surface area contributed by atoms with Crippen LogP contribution in [0.15, 0.2) is 0 Å². The van der Waals surface area contributed by atoms with Crippen LogP contribution in [-0.4, -0.2) is 39.5 Å². The highest BCUT2D eigenvalue weighted by Gasteiger charge is 2.13. The van der Waals surface area contributed by atoms with Crippen LogP contribution in [0.5, 0.6) is 0 Å². The zero-order chi connectivity index (χ0) is 9.78. The lowest BCUT2D eigenvalue weighted by molar-refractivity contribution is 0.0778. The van der Waals surface area contributed by atoms with Crippen LogP contribution in [0.3, 0.4) is 0 Å². The minimum absolute atomic E-state index is 0.197. The van der Waals surface area contributed by atoms with Gasteiger partial charge in [0.25, 0.3) is 0 Å². The third-order valence-corrected chi connectivity index (χ3v) is 2.34. The summed E-state index contributed by atoms with van der Waals surface area (Å²) in [7, 11) is -0.768. The Balaban J connectivity index is 3.57. The van der Waals surface area contributed by atoms with Crippen molar-refractivity contribution in [2.45, 2.75) is 32.4 Å². The molecular formula is C8H19NO2S. The van der Waals surface area contributed by atoms with Crippen LogP contribution in [0.1, 0.15) is 20.8 Å². The fourth-order valence-electron chi connectivity index (χ4n) is 0.835. The van der Waals surface area contributed by atoms with Gasteiger partial charge in [-0.2, -0.15) is 0 Å². The number of hydrogen-bond donors (Lipinski definition) is 2. The van der Waals surface area contributed by atoms with Crippen LogP contribution in [0, 0.1) is 0 Å². The quantitative estimate of drug-likeness (QED) is 0.652. The van der Waals surface area contributed by atoms with E-state index in [-0.39, 0.29) is 6.04 Å². The number of aliphatic hydroxyl groups is 1. The molecule has 0 aromatic carbocycles. The second-order valence-corrected chi connectivity index (χ2v) is 5.31. The molecule has 0 spiro atoms. The molecule has 0 radical (unpaired) electrons. The van der Waals surface area contributed by atoms with Crippen molar-refractivity contribution < 1.29 is 9.32 Å². The predicted molar refractivity (Wildman–Crippen MR) is 52.7 cm³/mol. The summed E-state index contributed by atoms with van der Waals surface area (Å²) in [4.78, 5) is 0. The zero-order valence-electron chi connectivity index (χ0n) is 8.26. The molecule has 0 amide bonds. The molecule has 0 aromatic heterocycles. The van der Waals surface area contributed by atoms with Gasteiger partial charge >= 0.3 is 0 Å². The third-order valence-electron chi connectivity index (χ3n) is 1.37. The van der Waals surface area contributed by atoms with E-state index in [0.29, 0.717) is 12.3 Å². The van der Waals surface area contributed by atoms with E-state index < -0.39 is 16.4 Å². The summed E-state index contributed by atoms with van der Waals surface area (Å²) in [6, 6.07) is 0.197. The summed E-state index contributed by atoms with van der Waals surface area (Å²) in [6.07, 6.45) is 1.68. The first kappa shape index (κ1) is 12.1. The molecule has 0 rings (SSSR count). The third kappa shape index (κ3) is 8.17. The Morgan fingerprint density at radius 3 is 2.42 bits per heavy atom. The monoisotopic (exact) mass is 193 g/mol. The molecule has 2 N–H and O–H groups in total. The Bertz CT molecular complexity index is 154. The van der Waals surface area contributed by atoms with Gasteiger partial charge in [-0.15, -0.1) is 0 Å². The SMILES string of the molecule is CC(CS(C)=O)NCC(C)(C)O. The first-order chi connectivity index (χ1) is 5.31. The Hall–Kier alpha value is 0.0700. The Morgan fingerprint density at radius 1 is 1.58 bits per heavy atom. The Labute approximate surface area is 77.0 Å². The molecule has 0 bridgehead atoms. The van der Waals surface area contributed by atoms with E-state index in [1.54, 1.807) is 20.1 Å². The molecule has 2 atom stereocenters. The summed E-state index contributed by atoms with van der Waals surface area (Å²) in [6.45, 7) is 5.99. The van der Waals surface area contributed by atoms with Crippen molar-refractivity contribution in [2.75, 3.05) is 18.6 Å². The van der Waals surface area contributed by atoms with Gasteiger partial charge in [0.15, 0.2) is 0 Å². The highest BCUT2D eigenvalue weighted by molar-refractivity contribution is 7.84. The van der Waals surface area contributed by atoms with Crippen molar-refractivity contribution in [3.63, 3.8) is 0 Å². The Kier molecular flexibility index (Phi) is 4.97. The molecule has 0 aliphatic heterocycles. The molecular weight excluding hydrogens is 174 g/mol. The van der Waals surface area contributed by atoms with Gasteiger partial charge < -0.3 is 10.4 Å². The summed E-state index contributed by atoms with van der Waals surface area (Å²) in [5.74, 6) is 0.635. The van der Waals surface area contributed by atoms with Gasteiger partial charge in [-0.3, -0.25) is 4.21 Å². The molecule has 3 nitrogen and oxygen atoms in total. The molecule has 0 heterocycles. The fourth-order valence-corrected chi connectivity index (χ4v) is 1.66. The lowest BCUT2D eigenvalue weighted by Crippen LogP contribution is -2.41. The summed E-state index contributed by atoms with van der Waals surface area (Å²) in [5, 5.41) is 12.5. The normalized spacial score (nSPS) is 17.4. The second-order valence-electron chi connectivity index (χ2n) is 3.83. The first-order valence-corrected chi connectivity index (χ1v) is 5.80. The fraction of sp³-hybridized carbons (Fsp3) is 1.00. The molecule has 74 valence electrons. The van der Waals surface area contributed by atoms with E-state index in [1.807, 2.05) is 6.92 Å². The largest absolute Gasteiger partial charge is 0.389 e. The molecule has 0 aromatic rings. The number of hydrogen-bond acceptors (Lipinski definition) is 3. The average molecular weight is 193 g/mol. The second kappa shape index (κ2) is 4.94. The van der Waals surface area contributed by atoms with Gasteiger partial charge in [-0.25, -0.2) is 0 Å². The molecule has 0 aliphatic carbocycles. The highest BCUT2D eigenvalue weighted by Crippen LogP contribution is 1.98. The van der Waals surface area contributed by atoms with Crippen molar-refractivity contribution in [2.24, 2.45) is 0 Å². The van der Waals surface area contributed by atoms with E-state index in [9.17, 15) is 9.32 Å². The van der Waals surface area contributed by atoms with Crippen LogP contribution >= 0.6 is 0 Å². The van der Waals surface area contributed by atoms with Crippen LogP contribution in [0.4, 0.5) is 0 Å². The molecule has 4 heteroatoms. The van der Waals surface area contributed by atoms with E-state index in [0.717, 1.165) is 0 Å². The van der Waals surface area contributed by atoms with Gasteiger partial charge in [0.1, 0.15) is 0 Å². The molecule has 0 saturated carbocycles. The maximum Gasteiger partial charge on any atom is 0.0715 e.